The summed E-state index contributed by atoms with van der Waals surface area (Å²) in [7, 11) is 0. The van der Waals surface area contributed by atoms with E-state index >= 15 is 0 Å². The van der Waals surface area contributed by atoms with E-state index in [9.17, 15) is 15.0 Å². The molecule has 2 aromatic heterocycles. The molecule has 0 amide bonds. The second-order valence-corrected chi connectivity index (χ2v) is 6.62. The average molecular weight is 445 g/mol. The van der Waals surface area contributed by atoms with E-state index in [0.717, 1.165) is 28.7 Å². The number of aryl methyl sites for hydroxylation is 2. The summed E-state index contributed by atoms with van der Waals surface area (Å²) < 4.78 is 1.56. The van der Waals surface area contributed by atoms with Crippen LogP contribution >= 0.6 is 17.0 Å². The Labute approximate surface area is 172 Å². The van der Waals surface area contributed by atoms with Gasteiger partial charge in [-0.05, 0) is 49.6 Å². The molecule has 8 heteroatoms. The second-order valence-electron chi connectivity index (χ2n) is 6.62. The number of fused-ring (bicyclic) bond motifs is 3. The smallest absolute Gasteiger partial charge is 0.354 e. The molecule has 0 aliphatic heterocycles. The van der Waals surface area contributed by atoms with Crippen LogP contribution in [0, 0.1) is 0 Å². The second kappa shape index (κ2) is 8.12. The minimum Gasteiger partial charge on any atom is -0.508 e. The minimum atomic E-state index is -0.966. The summed E-state index contributed by atoms with van der Waals surface area (Å²) in [4.78, 5) is 16.3. The molecule has 0 saturated heterocycles. The zero-order valence-corrected chi connectivity index (χ0v) is 16.8. The molecule has 1 aliphatic rings. The van der Waals surface area contributed by atoms with Crippen LogP contribution in [0.5, 0.6) is 5.75 Å². The van der Waals surface area contributed by atoms with Gasteiger partial charge in [0.05, 0.1) is 11.4 Å². The SMILES string of the molecule is Br.NCCCn1nc2c(c1C(=O)O)CCc1cnc(-c3cccc(O)c3)cc1-2. The molecule has 0 fully saturated rings. The predicted octanol–water partition coefficient (Wildman–Crippen LogP) is 3.04. The van der Waals surface area contributed by atoms with E-state index in [1.807, 2.05) is 18.3 Å². The Morgan fingerprint density at radius 1 is 1.25 bits per heavy atom. The summed E-state index contributed by atoms with van der Waals surface area (Å²) in [5, 5.41) is 24.0. The van der Waals surface area contributed by atoms with Gasteiger partial charge in [-0.3, -0.25) is 9.67 Å². The van der Waals surface area contributed by atoms with E-state index in [4.69, 9.17) is 5.73 Å². The number of nitrogens with two attached hydrogens (primary N) is 1. The van der Waals surface area contributed by atoms with E-state index in [-0.39, 0.29) is 28.4 Å². The van der Waals surface area contributed by atoms with E-state index in [0.29, 0.717) is 37.3 Å². The van der Waals surface area contributed by atoms with E-state index in [1.54, 1.807) is 22.9 Å². The first-order valence-electron chi connectivity index (χ1n) is 8.90. The Balaban J connectivity index is 0.00000225. The van der Waals surface area contributed by atoms with Gasteiger partial charge >= 0.3 is 5.97 Å². The number of aromatic hydroxyl groups is 1. The van der Waals surface area contributed by atoms with Gasteiger partial charge in [0.25, 0.3) is 0 Å². The third kappa shape index (κ3) is 3.53. The summed E-state index contributed by atoms with van der Waals surface area (Å²) in [5.41, 5.74) is 10.8. The Morgan fingerprint density at radius 2 is 2.07 bits per heavy atom. The maximum Gasteiger partial charge on any atom is 0.354 e. The normalized spacial score (nSPS) is 12.0. The Kier molecular flexibility index (Phi) is 5.81. The maximum absolute atomic E-state index is 11.8. The summed E-state index contributed by atoms with van der Waals surface area (Å²) >= 11 is 0. The number of benzene rings is 1. The first kappa shape index (κ1) is 20.0. The van der Waals surface area contributed by atoms with Gasteiger partial charge in [0.15, 0.2) is 0 Å². The van der Waals surface area contributed by atoms with Crippen LogP contribution in [-0.2, 0) is 19.4 Å². The van der Waals surface area contributed by atoms with Crippen molar-refractivity contribution < 1.29 is 15.0 Å². The van der Waals surface area contributed by atoms with Crippen LogP contribution in [0.25, 0.3) is 22.5 Å². The fourth-order valence-corrected chi connectivity index (χ4v) is 3.58. The summed E-state index contributed by atoms with van der Waals surface area (Å²) in [6.07, 6.45) is 3.83. The molecule has 0 bridgehead atoms. The van der Waals surface area contributed by atoms with Gasteiger partial charge in [0, 0.05) is 29.4 Å². The molecule has 1 aromatic carbocycles. The third-order valence-electron chi connectivity index (χ3n) is 4.85. The molecule has 28 heavy (non-hydrogen) atoms. The zero-order valence-electron chi connectivity index (χ0n) is 15.1. The van der Waals surface area contributed by atoms with Crippen molar-refractivity contribution in [2.45, 2.75) is 25.8 Å². The molecule has 3 aromatic rings. The lowest BCUT2D eigenvalue weighted by atomic mass is 9.89. The molecular weight excluding hydrogens is 424 g/mol. The molecule has 0 atom stereocenters. The third-order valence-corrected chi connectivity index (χ3v) is 4.85. The van der Waals surface area contributed by atoms with Crippen molar-refractivity contribution in [3.05, 3.63) is 53.3 Å². The number of aromatic nitrogens is 3. The molecule has 0 unspecified atom stereocenters. The van der Waals surface area contributed by atoms with Gasteiger partial charge in [-0.2, -0.15) is 5.10 Å². The summed E-state index contributed by atoms with van der Waals surface area (Å²) in [6, 6.07) is 8.83. The van der Waals surface area contributed by atoms with Crippen molar-refractivity contribution in [3.63, 3.8) is 0 Å². The number of phenols is 1. The van der Waals surface area contributed by atoms with Crippen molar-refractivity contribution in [3.8, 4) is 28.3 Å². The maximum atomic E-state index is 11.8. The van der Waals surface area contributed by atoms with Crippen LogP contribution in [0.1, 0.15) is 28.0 Å². The fraction of sp³-hybridized carbons (Fsp3) is 0.250. The lowest BCUT2D eigenvalue weighted by Gasteiger charge is -2.16. The van der Waals surface area contributed by atoms with Gasteiger partial charge < -0.3 is 15.9 Å². The van der Waals surface area contributed by atoms with Crippen molar-refractivity contribution in [1.82, 2.24) is 14.8 Å². The molecule has 4 rings (SSSR count). The monoisotopic (exact) mass is 444 g/mol. The van der Waals surface area contributed by atoms with Gasteiger partial charge in [-0.15, -0.1) is 17.0 Å². The number of hydrogen-bond donors (Lipinski definition) is 3. The fourth-order valence-electron chi connectivity index (χ4n) is 3.58. The van der Waals surface area contributed by atoms with Crippen molar-refractivity contribution in [2.75, 3.05) is 6.54 Å². The highest BCUT2D eigenvalue weighted by Crippen LogP contribution is 2.36. The zero-order chi connectivity index (χ0) is 19.0. The van der Waals surface area contributed by atoms with Crippen LogP contribution in [-0.4, -0.2) is 37.5 Å². The minimum absolute atomic E-state index is 0. The highest BCUT2D eigenvalue weighted by molar-refractivity contribution is 8.93. The average Bonchev–Trinajstić information content (AvgIpc) is 3.05. The molecule has 0 saturated carbocycles. The predicted molar refractivity (Wildman–Crippen MR) is 111 cm³/mol. The van der Waals surface area contributed by atoms with E-state index in [2.05, 4.69) is 10.1 Å². The van der Waals surface area contributed by atoms with Gasteiger partial charge in [0.1, 0.15) is 11.4 Å². The number of hydrogen-bond acceptors (Lipinski definition) is 5. The van der Waals surface area contributed by atoms with Crippen LogP contribution in [0.15, 0.2) is 36.5 Å². The van der Waals surface area contributed by atoms with Gasteiger partial charge in [0.2, 0.25) is 0 Å². The number of nitrogens with zero attached hydrogens (tertiary/aromatic N) is 3. The number of phenolic OH excluding ortho intramolecular Hbond substituents is 1. The van der Waals surface area contributed by atoms with Crippen molar-refractivity contribution in [1.29, 1.82) is 0 Å². The van der Waals surface area contributed by atoms with E-state index < -0.39 is 5.97 Å². The Morgan fingerprint density at radius 3 is 2.79 bits per heavy atom. The number of carbonyl (C=O) groups is 1. The first-order chi connectivity index (χ1) is 13.1. The van der Waals surface area contributed by atoms with Gasteiger partial charge in [-0.1, -0.05) is 12.1 Å². The standard InChI is InChI=1S/C20H20N4O3.BrH/c21-7-2-8-24-19(20(26)27)15-6-5-13-11-22-17(10-16(13)18(15)23-24)12-3-1-4-14(25)9-12;/h1,3-4,9-11,25H,2,5-8,21H2,(H,26,27);1H. The van der Waals surface area contributed by atoms with Crippen LogP contribution in [0.2, 0.25) is 0 Å². The first-order valence-corrected chi connectivity index (χ1v) is 8.90. The van der Waals surface area contributed by atoms with Crippen molar-refractivity contribution >= 4 is 23.0 Å². The molecule has 1 aliphatic carbocycles. The van der Waals surface area contributed by atoms with Gasteiger partial charge in [-0.25, -0.2) is 4.79 Å². The van der Waals surface area contributed by atoms with E-state index in [1.165, 1.54) is 0 Å². The Hall–Kier alpha value is -2.71. The number of carboxylic acid groups (broad SMARTS) is 1. The molecule has 4 N–H and O–H groups in total. The lowest BCUT2D eigenvalue weighted by molar-refractivity contribution is 0.0681. The molecule has 7 nitrogen and oxygen atoms in total. The number of carboxylic acids is 1. The summed E-state index contributed by atoms with van der Waals surface area (Å²) in [6.45, 7) is 0.955. The quantitative estimate of drug-likeness (QED) is 0.556. The largest absolute Gasteiger partial charge is 0.508 e. The lowest BCUT2D eigenvalue weighted by Crippen LogP contribution is -2.14. The highest BCUT2D eigenvalue weighted by atomic mass is 79.9. The number of pyridine rings is 1. The molecule has 0 radical (unpaired) electrons. The topological polar surface area (TPSA) is 114 Å². The summed E-state index contributed by atoms with van der Waals surface area (Å²) in [5.74, 6) is -0.793. The molecule has 0 spiro atoms. The van der Waals surface area contributed by atoms with Crippen LogP contribution in [0.3, 0.4) is 0 Å². The number of aromatic carboxylic acids is 1. The molecular formula is C20H21BrN4O3. The molecule has 2 heterocycles. The van der Waals surface area contributed by atoms with Crippen molar-refractivity contribution in [2.24, 2.45) is 5.73 Å². The molecule has 146 valence electrons. The van der Waals surface area contributed by atoms with Crippen LogP contribution in [0.4, 0.5) is 0 Å². The highest BCUT2D eigenvalue weighted by Gasteiger charge is 2.28. The Bertz CT molecular complexity index is 1030. The number of rotatable bonds is 5. The number of halogens is 1. The van der Waals surface area contributed by atoms with Crippen LogP contribution < -0.4 is 5.73 Å².